The summed E-state index contributed by atoms with van der Waals surface area (Å²) in [6.45, 7) is 6.22. The molecule has 0 aliphatic carbocycles. The van der Waals surface area contributed by atoms with Crippen molar-refractivity contribution in [2.75, 3.05) is 7.11 Å². The highest BCUT2D eigenvalue weighted by Crippen LogP contribution is 2.40. The Morgan fingerprint density at radius 3 is 2.56 bits per heavy atom. The van der Waals surface area contributed by atoms with Crippen molar-refractivity contribution in [1.29, 1.82) is 0 Å². The molecule has 0 bridgehead atoms. The highest BCUT2D eigenvalue weighted by Gasteiger charge is 2.32. The smallest absolute Gasteiger partial charge is 0.306 e. The summed E-state index contributed by atoms with van der Waals surface area (Å²) in [7, 11) is 1.66. The van der Waals surface area contributed by atoms with E-state index in [1.807, 2.05) is 36.4 Å². The van der Waals surface area contributed by atoms with Gasteiger partial charge in [0.25, 0.3) is 0 Å². The monoisotopic (exact) mass is 370 g/mol. The summed E-state index contributed by atoms with van der Waals surface area (Å²) in [5.41, 5.74) is 2.84. The lowest BCUT2D eigenvalue weighted by Crippen LogP contribution is -2.25. The molecule has 1 aliphatic heterocycles. The normalized spacial score (nSPS) is 15.6. The summed E-state index contributed by atoms with van der Waals surface area (Å²) in [6.07, 6.45) is 1.34. The number of hydrogen-bond acceptors (Lipinski definition) is 4. The fourth-order valence-electron chi connectivity index (χ4n) is 3.30. The van der Waals surface area contributed by atoms with Crippen molar-refractivity contribution in [2.24, 2.45) is 5.92 Å². The first-order valence-corrected chi connectivity index (χ1v) is 9.11. The first-order valence-electron chi connectivity index (χ1n) is 9.11. The van der Waals surface area contributed by atoms with Gasteiger partial charge in [-0.05, 0) is 50.1 Å². The molecule has 0 saturated carbocycles. The molecular formula is C22H26O5. The number of methoxy groups -OCH3 is 1. The largest absolute Gasteiger partial charge is 0.497 e. The molecule has 1 aliphatic rings. The summed E-state index contributed by atoms with van der Waals surface area (Å²) in [4.78, 5) is 11.0. The van der Waals surface area contributed by atoms with Gasteiger partial charge >= 0.3 is 5.97 Å². The van der Waals surface area contributed by atoms with Crippen LogP contribution in [0.25, 0.3) is 0 Å². The first kappa shape index (κ1) is 19.1. The van der Waals surface area contributed by atoms with Gasteiger partial charge in [0.2, 0.25) is 0 Å². The molecule has 27 heavy (non-hydrogen) atoms. The Bertz CT molecular complexity index is 823. The van der Waals surface area contributed by atoms with Crippen LogP contribution in [-0.4, -0.2) is 23.8 Å². The zero-order valence-corrected chi connectivity index (χ0v) is 16.2. The number of carboxylic acid groups (broad SMARTS) is 1. The number of carboxylic acids is 1. The van der Waals surface area contributed by atoms with E-state index in [-0.39, 0.29) is 5.60 Å². The van der Waals surface area contributed by atoms with Crippen molar-refractivity contribution in [1.82, 2.24) is 0 Å². The van der Waals surface area contributed by atoms with Crippen LogP contribution in [0.2, 0.25) is 0 Å². The van der Waals surface area contributed by atoms with Crippen LogP contribution in [0.1, 0.15) is 37.5 Å². The number of hydrogen-bond donors (Lipinski definition) is 1. The lowest BCUT2D eigenvalue weighted by molar-refractivity contribution is -0.141. The predicted molar refractivity (Wildman–Crippen MR) is 103 cm³/mol. The molecular weight excluding hydrogens is 344 g/mol. The number of rotatable bonds is 7. The van der Waals surface area contributed by atoms with E-state index in [1.54, 1.807) is 14.0 Å². The van der Waals surface area contributed by atoms with E-state index < -0.39 is 11.9 Å². The molecule has 5 nitrogen and oxygen atoms in total. The lowest BCUT2D eigenvalue weighted by Gasteiger charge is -2.18. The first-order chi connectivity index (χ1) is 12.8. The number of benzene rings is 2. The molecule has 2 aromatic carbocycles. The van der Waals surface area contributed by atoms with Crippen LogP contribution in [0.15, 0.2) is 36.4 Å². The van der Waals surface area contributed by atoms with E-state index >= 15 is 0 Å². The highest BCUT2D eigenvalue weighted by atomic mass is 16.5. The maximum Gasteiger partial charge on any atom is 0.306 e. The topological polar surface area (TPSA) is 65.0 Å². The van der Waals surface area contributed by atoms with E-state index in [2.05, 4.69) is 13.8 Å². The number of fused-ring (bicyclic) bond motifs is 1. The number of carbonyl (C=O) groups is 1. The Kier molecular flexibility index (Phi) is 5.31. The van der Waals surface area contributed by atoms with Gasteiger partial charge in [-0.1, -0.05) is 19.1 Å². The van der Waals surface area contributed by atoms with Crippen LogP contribution in [0.3, 0.4) is 0 Å². The molecule has 0 amide bonds. The van der Waals surface area contributed by atoms with Crippen molar-refractivity contribution in [2.45, 2.75) is 45.8 Å². The highest BCUT2D eigenvalue weighted by molar-refractivity contribution is 5.69. The standard InChI is InChI=1S/C22H26O5/c1-14(21(23)24)9-15-5-7-18(8-6-15)26-13-17-11-19(25-4)10-16-12-22(2,3)27-20(16)17/h5-8,10-11,14H,9,12-13H2,1-4H3,(H,23,24)/t14-/m0/s1. The Hall–Kier alpha value is -2.69. The second kappa shape index (κ2) is 7.51. The number of aliphatic carboxylic acids is 1. The van der Waals surface area contributed by atoms with E-state index in [1.165, 1.54) is 0 Å². The third-order valence-corrected chi connectivity index (χ3v) is 4.73. The molecule has 0 fully saturated rings. The van der Waals surface area contributed by atoms with Gasteiger partial charge in [-0.3, -0.25) is 4.79 Å². The molecule has 0 aromatic heterocycles. The van der Waals surface area contributed by atoms with Crippen molar-refractivity contribution in [3.8, 4) is 17.2 Å². The van der Waals surface area contributed by atoms with Gasteiger partial charge in [0.05, 0.1) is 13.0 Å². The zero-order chi connectivity index (χ0) is 19.6. The fourth-order valence-corrected chi connectivity index (χ4v) is 3.30. The molecule has 5 heteroatoms. The second-order valence-corrected chi connectivity index (χ2v) is 7.69. The van der Waals surface area contributed by atoms with Crippen LogP contribution >= 0.6 is 0 Å². The Morgan fingerprint density at radius 1 is 1.22 bits per heavy atom. The Labute approximate surface area is 159 Å². The quantitative estimate of drug-likeness (QED) is 0.789. The minimum absolute atomic E-state index is 0.230. The van der Waals surface area contributed by atoms with Crippen molar-refractivity contribution in [3.05, 3.63) is 53.1 Å². The lowest BCUT2D eigenvalue weighted by atomic mass is 10.00. The minimum Gasteiger partial charge on any atom is -0.497 e. The average Bonchev–Trinajstić information content (AvgIpc) is 2.94. The maximum atomic E-state index is 11.0. The molecule has 0 radical (unpaired) electrons. The molecule has 1 N–H and O–H groups in total. The minimum atomic E-state index is -0.787. The maximum absolute atomic E-state index is 11.0. The van der Waals surface area contributed by atoms with E-state index in [0.717, 1.165) is 40.4 Å². The van der Waals surface area contributed by atoms with E-state index in [4.69, 9.17) is 19.3 Å². The van der Waals surface area contributed by atoms with Crippen LogP contribution in [-0.2, 0) is 24.2 Å². The van der Waals surface area contributed by atoms with Gasteiger partial charge in [0.1, 0.15) is 29.5 Å². The SMILES string of the molecule is COc1cc(COc2ccc(C[C@H](C)C(=O)O)cc2)c2c(c1)CC(C)(C)O2. The van der Waals surface area contributed by atoms with E-state index in [9.17, 15) is 4.79 Å². The van der Waals surface area contributed by atoms with Crippen molar-refractivity contribution < 1.29 is 24.1 Å². The Morgan fingerprint density at radius 2 is 1.93 bits per heavy atom. The van der Waals surface area contributed by atoms with Crippen molar-refractivity contribution >= 4 is 5.97 Å². The predicted octanol–water partition coefficient (Wildman–Crippen LogP) is 4.25. The van der Waals surface area contributed by atoms with Crippen LogP contribution in [0, 0.1) is 5.92 Å². The molecule has 144 valence electrons. The summed E-state index contributed by atoms with van der Waals surface area (Å²) in [5.74, 6) is 1.22. The zero-order valence-electron chi connectivity index (χ0n) is 16.2. The van der Waals surface area contributed by atoms with Crippen LogP contribution < -0.4 is 14.2 Å². The summed E-state index contributed by atoms with van der Waals surface area (Å²) >= 11 is 0. The second-order valence-electron chi connectivity index (χ2n) is 7.69. The van der Waals surface area contributed by atoms with Gasteiger partial charge in [-0.25, -0.2) is 0 Å². The molecule has 1 atom stereocenters. The van der Waals surface area contributed by atoms with Gasteiger partial charge < -0.3 is 19.3 Å². The Balaban J connectivity index is 1.70. The average molecular weight is 370 g/mol. The summed E-state index contributed by atoms with van der Waals surface area (Å²) in [5, 5.41) is 9.02. The van der Waals surface area contributed by atoms with Gasteiger partial charge in [-0.2, -0.15) is 0 Å². The molecule has 0 spiro atoms. The number of ether oxygens (including phenoxy) is 3. The molecule has 0 unspecified atom stereocenters. The van der Waals surface area contributed by atoms with Crippen LogP contribution in [0.4, 0.5) is 0 Å². The van der Waals surface area contributed by atoms with Gasteiger partial charge in [0, 0.05) is 17.5 Å². The molecule has 1 heterocycles. The third kappa shape index (κ3) is 4.54. The van der Waals surface area contributed by atoms with E-state index in [0.29, 0.717) is 13.0 Å². The molecule has 2 aromatic rings. The summed E-state index contributed by atoms with van der Waals surface area (Å²) in [6, 6.07) is 11.5. The third-order valence-electron chi connectivity index (χ3n) is 4.73. The summed E-state index contributed by atoms with van der Waals surface area (Å²) < 4.78 is 17.5. The van der Waals surface area contributed by atoms with Crippen molar-refractivity contribution in [3.63, 3.8) is 0 Å². The fraction of sp³-hybridized carbons (Fsp3) is 0.409. The van der Waals surface area contributed by atoms with Crippen LogP contribution in [0.5, 0.6) is 17.2 Å². The van der Waals surface area contributed by atoms with Gasteiger partial charge in [0.15, 0.2) is 0 Å². The molecule has 3 rings (SSSR count). The van der Waals surface area contributed by atoms with Gasteiger partial charge in [-0.15, -0.1) is 0 Å². The molecule has 0 saturated heterocycles.